The van der Waals surface area contributed by atoms with Crippen LogP contribution in [0, 0.1) is 5.92 Å². The lowest BCUT2D eigenvalue weighted by Crippen LogP contribution is -2.30. The summed E-state index contributed by atoms with van der Waals surface area (Å²) in [6.45, 7) is 4.26. The maximum absolute atomic E-state index is 12.8. The van der Waals surface area contributed by atoms with Gasteiger partial charge in [0.2, 0.25) is 0 Å². The molecule has 2 aromatic carbocycles. The van der Waals surface area contributed by atoms with Gasteiger partial charge in [-0.2, -0.15) is 0 Å². The van der Waals surface area contributed by atoms with Gasteiger partial charge in [0.05, 0.1) is 22.8 Å². The van der Waals surface area contributed by atoms with E-state index >= 15 is 0 Å². The third-order valence-electron chi connectivity index (χ3n) is 4.49. The number of aromatic amines is 1. The van der Waals surface area contributed by atoms with Crippen molar-refractivity contribution >= 4 is 16.9 Å². The number of rotatable bonds is 6. The third kappa shape index (κ3) is 3.75. The number of fused-ring (bicyclic) bond motifs is 1. The van der Waals surface area contributed by atoms with Crippen LogP contribution < -0.4 is 5.32 Å². The average molecular weight is 375 g/mol. The summed E-state index contributed by atoms with van der Waals surface area (Å²) in [6, 6.07) is 14.8. The molecule has 2 N–H and O–H groups in total. The summed E-state index contributed by atoms with van der Waals surface area (Å²) in [6.07, 6.45) is 2.30. The number of aromatic nitrogens is 6. The molecule has 0 saturated heterocycles. The lowest BCUT2D eigenvalue weighted by molar-refractivity contribution is 0.0930. The van der Waals surface area contributed by atoms with Gasteiger partial charge in [-0.15, -0.1) is 5.10 Å². The number of para-hydroxylation sites is 2. The van der Waals surface area contributed by atoms with Gasteiger partial charge in [-0.3, -0.25) is 4.79 Å². The molecule has 0 unspecified atom stereocenters. The van der Waals surface area contributed by atoms with Gasteiger partial charge in [0.25, 0.3) is 5.91 Å². The Hall–Kier alpha value is -3.55. The molecule has 4 aromatic rings. The number of nitrogens with one attached hydrogen (secondary N) is 2. The molecular weight excluding hydrogens is 354 g/mol. The molecule has 0 bridgehead atoms. The number of carbonyl (C=O) groups excluding carboxylic acids is 1. The molecular formula is C20H21N7O. The highest BCUT2D eigenvalue weighted by Gasteiger charge is 2.20. The molecule has 28 heavy (non-hydrogen) atoms. The van der Waals surface area contributed by atoms with E-state index in [1.807, 2.05) is 36.4 Å². The molecule has 142 valence electrons. The van der Waals surface area contributed by atoms with Crippen molar-refractivity contribution in [2.45, 2.75) is 26.3 Å². The van der Waals surface area contributed by atoms with Crippen molar-refractivity contribution in [1.29, 1.82) is 0 Å². The minimum Gasteiger partial charge on any atom is -0.342 e. The van der Waals surface area contributed by atoms with E-state index in [-0.39, 0.29) is 11.9 Å². The van der Waals surface area contributed by atoms with Crippen LogP contribution in [0.25, 0.3) is 16.7 Å². The number of amides is 1. The lowest BCUT2D eigenvalue weighted by Gasteiger charge is -2.19. The van der Waals surface area contributed by atoms with Crippen molar-refractivity contribution in [1.82, 2.24) is 35.5 Å². The molecule has 0 spiro atoms. The Morgan fingerprint density at radius 3 is 2.61 bits per heavy atom. The standard InChI is InChI=1S/C20H21N7O/c1-13(2)11-18(19-22-16-5-3-4-6-17(16)23-19)24-20(28)14-7-9-15(10-8-14)27-12-21-25-26-27/h3-10,12-13,18H,11H2,1-2H3,(H,22,23)(H,24,28)/t18-/m0/s1. The van der Waals surface area contributed by atoms with Crippen LogP contribution in [0.1, 0.15) is 42.5 Å². The molecule has 8 nitrogen and oxygen atoms in total. The summed E-state index contributed by atoms with van der Waals surface area (Å²) in [5.74, 6) is 1.03. The van der Waals surface area contributed by atoms with Crippen molar-refractivity contribution in [3.8, 4) is 5.69 Å². The van der Waals surface area contributed by atoms with Crippen molar-refractivity contribution in [3.63, 3.8) is 0 Å². The van der Waals surface area contributed by atoms with Crippen LogP contribution in [0.15, 0.2) is 54.9 Å². The molecule has 1 atom stereocenters. The van der Waals surface area contributed by atoms with Gasteiger partial charge in [0, 0.05) is 5.56 Å². The fraction of sp³-hybridized carbons (Fsp3) is 0.250. The zero-order valence-electron chi connectivity index (χ0n) is 15.7. The van der Waals surface area contributed by atoms with E-state index < -0.39 is 0 Å². The zero-order valence-corrected chi connectivity index (χ0v) is 15.7. The number of nitrogens with zero attached hydrogens (tertiary/aromatic N) is 5. The maximum atomic E-state index is 12.8. The molecule has 4 rings (SSSR count). The Kier molecular flexibility index (Phi) is 4.84. The highest BCUT2D eigenvalue weighted by atomic mass is 16.1. The molecule has 0 aliphatic carbocycles. The average Bonchev–Trinajstić information content (AvgIpc) is 3.37. The lowest BCUT2D eigenvalue weighted by atomic mass is 10.0. The predicted octanol–water partition coefficient (Wildman–Crippen LogP) is 3.06. The molecule has 0 aliphatic rings. The summed E-state index contributed by atoms with van der Waals surface area (Å²) >= 11 is 0. The maximum Gasteiger partial charge on any atom is 0.251 e. The Labute approximate surface area is 162 Å². The predicted molar refractivity (Wildman–Crippen MR) is 105 cm³/mol. The SMILES string of the molecule is CC(C)C[C@H](NC(=O)c1ccc(-n2cnnn2)cc1)c1nc2ccccc2[nH]1. The first-order valence-electron chi connectivity index (χ1n) is 9.19. The molecule has 2 aromatic heterocycles. The Morgan fingerprint density at radius 1 is 1.14 bits per heavy atom. The van der Waals surface area contributed by atoms with Crippen LogP contribution in [0.2, 0.25) is 0 Å². The summed E-state index contributed by atoms with van der Waals surface area (Å²) in [5, 5.41) is 14.2. The minimum atomic E-state index is -0.195. The van der Waals surface area contributed by atoms with E-state index in [0.717, 1.165) is 29.0 Å². The topological polar surface area (TPSA) is 101 Å². The molecule has 8 heteroatoms. The monoisotopic (exact) mass is 375 g/mol. The zero-order chi connectivity index (χ0) is 19.5. The van der Waals surface area contributed by atoms with E-state index in [9.17, 15) is 4.79 Å². The van der Waals surface area contributed by atoms with E-state index in [0.29, 0.717) is 11.5 Å². The van der Waals surface area contributed by atoms with Crippen molar-refractivity contribution in [2.24, 2.45) is 5.92 Å². The number of benzene rings is 2. The van der Waals surface area contributed by atoms with Crippen LogP contribution >= 0.6 is 0 Å². The number of H-pyrrole nitrogens is 1. The minimum absolute atomic E-state index is 0.144. The van der Waals surface area contributed by atoms with E-state index in [1.54, 1.807) is 12.1 Å². The number of tetrazole rings is 1. The fourth-order valence-electron chi connectivity index (χ4n) is 3.13. The first kappa shape index (κ1) is 17.8. The van der Waals surface area contributed by atoms with Gasteiger partial charge >= 0.3 is 0 Å². The number of hydrogen-bond acceptors (Lipinski definition) is 5. The van der Waals surface area contributed by atoms with Crippen LogP contribution in [-0.2, 0) is 0 Å². The van der Waals surface area contributed by atoms with E-state index in [1.165, 1.54) is 11.0 Å². The molecule has 0 fully saturated rings. The largest absolute Gasteiger partial charge is 0.342 e. The van der Waals surface area contributed by atoms with Gasteiger partial charge in [-0.25, -0.2) is 9.67 Å². The van der Waals surface area contributed by atoms with Gasteiger partial charge < -0.3 is 10.3 Å². The van der Waals surface area contributed by atoms with Gasteiger partial charge in [-0.05, 0) is 59.2 Å². The Balaban J connectivity index is 1.55. The van der Waals surface area contributed by atoms with Crippen molar-refractivity contribution in [3.05, 3.63) is 66.2 Å². The second kappa shape index (κ2) is 7.59. The second-order valence-electron chi connectivity index (χ2n) is 7.10. The summed E-state index contributed by atoms with van der Waals surface area (Å²) < 4.78 is 1.54. The third-order valence-corrected chi connectivity index (χ3v) is 4.49. The van der Waals surface area contributed by atoms with Gasteiger partial charge in [0.1, 0.15) is 12.2 Å². The smallest absolute Gasteiger partial charge is 0.251 e. The van der Waals surface area contributed by atoms with Crippen LogP contribution in [0.4, 0.5) is 0 Å². The van der Waals surface area contributed by atoms with Gasteiger partial charge in [-0.1, -0.05) is 26.0 Å². The first-order chi connectivity index (χ1) is 13.6. The van der Waals surface area contributed by atoms with Crippen LogP contribution in [-0.4, -0.2) is 36.1 Å². The molecule has 0 aliphatic heterocycles. The van der Waals surface area contributed by atoms with E-state index in [2.05, 4.69) is 44.7 Å². The highest BCUT2D eigenvalue weighted by Crippen LogP contribution is 2.22. The summed E-state index contributed by atoms with van der Waals surface area (Å²) in [5.41, 5.74) is 3.22. The summed E-state index contributed by atoms with van der Waals surface area (Å²) in [7, 11) is 0. The molecule has 0 saturated carbocycles. The summed E-state index contributed by atoms with van der Waals surface area (Å²) in [4.78, 5) is 20.8. The van der Waals surface area contributed by atoms with Crippen molar-refractivity contribution < 1.29 is 4.79 Å². The first-order valence-corrected chi connectivity index (χ1v) is 9.19. The number of hydrogen-bond donors (Lipinski definition) is 2. The highest BCUT2D eigenvalue weighted by molar-refractivity contribution is 5.94. The number of carbonyl (C=O) groups is 1. The molecule has 0 radical (unpaired) electrons. The Morgan fingerprint density at radius 2 is 1.93 bits per heavy atom. The molecule has 1 amide bonds. The Bertz CT molecular complexity index is 1030. The molecule has 2 heterocycles. The van der Waals surface area contributed by atoms with Crippen LogP contribution in [0.3, 0.4) is 0 Å². The van der Waals surface area contributed by atoms with E-state index in [4.69, 9.17) is 0 Å². The van der Waals surface area contributed by atoms with Crippen molar-refractivity contribution in [2.75, 3.05) is 0 Å². The van der Waals surface area contributed by atoms with Crippen LogP contribution in [0.5, 0.6) is 0 Å². The van der Waals surface area contributed by atoms with Gasteiger partial charge in [0.15, 0.2) is 0 Å². The fourth-order valence-corrected chi connectivity index (χ4v) is 3.13. The quantitative estimate of drug-likeness (QED) is 0.539. The normalized spacial score (nSPS) is 12.4. The number of imidazole rings is 1. The second-order valence-corrected chi connectivity index (χ2v) is 7.10.